The van der Waals surface area contributed by atoms with Crippen LogP contribution >= 0.6 is 0 Å². The lowest BCUT2D eigenvalue weighted by Gasteiger charge is -2.26. The van der Waals surface area contributed by atoms with Gasteiger partial charge in [0, 0.05) is 25.1 Å². The second kappa shape index (κ2) is 11.5. The molecular formula is C24H32N2O7S. The van der Waals surface area contributed by atoms with Crippen LogP contribution in [-0.2, 0) is 26.0 Å². The number of benzene rings is 2. The highest BCUT2D eigenvalue weighted by Crippen LogP contribution is 2.30. The third kappa shape index (κ3) is 5.99. The van der Waals surface area contributed by atoms with Gasteiger partial charge in [0.1, 0.15) is 17.2 Å². The molecule has 3 rings (SSSR count). The minimum atomic E-state index is -3.65. The number of carbonyl (C=O) groups is 1. The molecule has 186 valence electrons. The number of carbonyl (C=O) groups excluding carboxylic acids is 1. The van der Waals surface area contributed by atoms with E-state index in [0.29, 0.717) is 55.5 Å². The molecule has 1 N–H and O–H groups in total. The molecule has 1 aliphatic heterocycles. The Hall–Kier alpha value is -2.82. The summed E-state index contributed by atoms with van der Waals surface area (Å²) in [5.74, 6) is 1.67. The number of rotatable bonds is 10. The third-order valence-corrected chi connectivity index (χ3v) is 7.66. The molecule has 1 unspecified atom stereocenters. The number of methoxy groups -OCH3 is 3. The van der Waals surface area contributed by atoms with E-state index in [2.05, 4.69) is 5.32 Å². The maximum atomic E-state index is 13.0. The molecule has 1 saturated heterocycles. The Morgan fingerprint density at radius 1 is 1.03 bits per heavy atom. The molecular weight excluding hydrogens is 460 g/mol. The average molecular weight is 493 g/mol. The summed E-state index contributed by atoms with van der Waals surface area (Å²) in [6.45, 7) is 3.25. The minimum absolute atomic E-state index is 0.161. The van der Waals surface area contributed by atoms with Gasteiger partial charge < -0.3 is 24.3 Å². The van der Waals surface area contributed by atoms with Crippen LogP contribution in [0.4, 0.5) is 0 Å². The second-order valence-electron chi connectivity index (χ2n) is 7.89. The van der Waals surface area contributed by atoms with E-state index in [9.17, 15) is 13.2 Å². The van der Waals surface area contributed by atoms with Gasteiger partial charge in [-0.25, -0.2) is 8.42 Å². The lowest BCUT2D eigenvalue weighted by atomic mass is 10.1. The molecule has 0 spiro atoms. The quantitative estimate of drug-likeness (QED) is 0.544. The topological polar surface area (TPSA) is 103 Å². The van der Waals surface area contributed by atoms with E-state index in [1.165, 1.54) is 17.5 Å². The van der Waals surface area contributed by atoms with Crippen LogP contribution in [0.3, 0.4) is 0 Å². The summed E-state index contributed by atoms with van der Waals surface area (Å²) in [4.78, 5) is 12.9. The SMILES string of the molecule is COc1ccc(OC)c(C(C)NC(=O)CCc2cc(S(=O)(=O)N3CCOCC3)ccc2OC)c1. The largest absolute Gasteiger partial charge is 0.497 e. The first-order valence-corrected chi connectivity index (χ1v) is 12.5. The molecule has 1 amide bonds. The normalized spacial score (nSPS) is 15.4. The number of sulfonamides is 1. The zero-order valence-electron chi connectivity index (χ0n) is 20.0. The van der Waals surface area contributed by atoms with E-state index in [1.54, 1.807) is 38.5 Å². The molecule has 1 heterocycles. The molecule has 1 aliphatic rings. The Labute approximate surface area is 201 Å². The molecule has 0 radical (unpaired) electrons. The van der Waals surface area contributed by atoms with Gasteiger partial charge in [-0.05, 0) is 55.3 Å². The summed E-state index contributed by atoms with van der Waals surface area (Å²) in [7, 11) is 1.03. The van der Waals surface area contributed by atoms with Crippen molar-refractivity contribution < 1.29 is 32.2 Å². The summed E-state index contributed by atoms with van der Waals surface area (Å²) >= 11 is 0. The van der Waals surface area contributed by atoms with Gasteiger partial charge in [0.2, 0.25) is 15.9 Å². The fraction of sp³-hybridized carbons (Fsp3) is 0.458. The molecule has 2 aromatic carbocycles. The van der Waals surface area contributed by atoms with E-state index in [-0.39, 0.29) is 23.3 Å². The first-order valence-electron chi connectivity index (χ1n) is 11.1. The maximum Gasteiger partial charge on any atom is 0.243 e. The highest BCUT2D eigenvalue weighted by molar-refractivity contribution is 7.89. The van der Waals surface area contributed by atoms with Crippen molar-refractivity contribution in [2.24, 2.45) is 0 Å². The van der Waals surface area contributed by atoms with Crippen molar-refractivity contribution in [3.05, 3.63) is 47.5 Å². The Morgan fingerprint density at radius 3 is 2.35 bits per heavy atom. The summed E-state index contributed by atoms with van der Waals surface area (Å²) in [5.41, 5.74) is 1.45. The molecule has 0 bridgehead atoms. The van der Waals surface area contributed by atoms with Gasteiger partial charge in [-0.15, -0.1) is 0 Å². The number of aryl methyl sites for hydroxylation is 1. The second-order valence-corrected chi connectivity index (χ2v) is 9.83. The Kier molecular flexibility index (Phi) is 8.76. The fourth-order valence-corrected chi connectivity index (χ4v) is 5.32. The Bertz CT molecular complexity index is 1100. The molecule has 9 nitrogen and oxygen atoms in total. The molecule has 10 heteroatoms. The number of morpholine rings is 1. The zero-order chi connectivity index (χ0) is 24.7. The minimum Gasteiger partial charge on any atom is -0.497 e. The van der Waals surface area contributed by atoms with Crippen molar-refractivity contribution in [1.82, 2.24) is 9.62 Å². The van der Waals surface area contributed by atoms with Crippen molar-refractivity contribution in [1.29, 1.82) is 0 Å². The van der Waals surface area contributed by atoms with Crippen molar-refractivity contribution in [2.45, 2.75) is 30.7 Å². The predicted molar refractivity (Wildman–Crippen MR) is 127 cm³/mol. The fourth-order valence-electron chi connectivity index (χ4n) is 3.86. The molecule has 1 atom stereocenters. The van der Waals surface area contributed by atoms with Crippen LogP contribution in [0.2, 0.25) is 0 Å². The lowest BCUT2D eigenvalue weighted by molar-refractivity contribution is -0.121. The maximum absolute atomic E-state index is 13.0. The van der Waals surface area contributed by atoms with Crippen LogP contribution < -0.4 is 19.5 Å². The van der Waals surface area contributed by atoms with Gasteiger partial charge >= 0.3 is 0 Å². The van der Waals surface area contributed by atoms with E-state index >= 15 is 0 Å². The summed E-state index contributed by atoms with van der Waals surface area (Å²) in [5, 5.41) is 2.97. The van der Waals surface area contributed by atoms with E-state index in [0.717, 1.165) is 5.56 Å². The van der Waals surface area contributed by atoms with Gasteiger partial charge in [-0.1, -0.05) is 0 Å². The van der Waals surface area contributed by atoms with Gasteiger partial charge in [0.15, 0.2) is 0 Å². The van der Waals surface area contributed by atoms with Gasteiger partial charge in [-0.2, -0.15) is 4.31 Å². The number of ether oxygens (including phenoxy) is 4. The predicted octanol–water partition coefficient (Wildman–Crippen LogP) is 2.54. The highest BCUT2D eigenvalue weighted by atomic mass is 32.2. The van der Waals surface area contributed by atoms with Gasteiger partial charge in [0.05, 0.1) is 45.5 Å². The molecule has 0 saturated carbocycles. The van der Waals surface area contributed by atoms with Crippen LogP contribution in [0.5, 0.6) is 17.2 Å². The van der Waals surface area contributed by atoms with Crippen LogP contribution in [0.1, 0.15) is 30.5 Å². The third-order valence-electron chi connectivity index (χ3n) is 5.76. The Balaban J connectivity index is 1.71. The summed E-state index contributed by atoms with van der Waals surface area (Å²) in [6, 6.07) is 9.85. The number of nitrogens with one attached hydrogen (secondary N) is 1. The smallest absolute Gasteiger partial charge is 0.243 e. The van der Waals surface area contributed by atoms with E-state index in [1.807, 2.05) is 13.0 Å². The van der Waals surface area contributed by atoms with Gasteiger partial charge in [0.25, 0.3) is 0 Å². The number of nitrogens with zero attached hydrogens (tertiary/aromatic N) is 1. The van der Waals surface area contributed by atoms with Crippen molar-refractivity contribution in [2.75, 3.05) is 47.6 Å². The molecule has 34 heavy (non-hydrogen) atoms. The molecule has 2 aromatic rings. The van der Waals surface area contributed by atoms with E-state index < -0.39 is 10.0 Å². The van der Waals surface area contributed by atoms with Crippen molar-refractivity contribution in [3.63, 3.8) is 0 Å². The van der Waals surface area contributed by atoms with Crippen LogP contribution in [0.15, 0.2) is 41.3 Å². The standard InChI is InChI=1S/C24H32N2O7S/c1-17(21-16-19(30-2)6-8-23(21)32-4)25-24(27)10-5-18-15-20(7-9-22(18)31-3)34(28,29)26-11-13-33-14-12-26/h6-9,15-17H,5,10-14H2,1-4H3,(H,25,27). The zero-order valence-corrected chi connectivity index (χ0v) is 20.8. The van der Waals surface area contributed by atoms with Crippen molar-refractivity contribution in [3.8, 4) is 17.2 Å². The van der Waals surface area contributed by atoms with Crippen LogP contribution in [0.25, 0.3) is 0 Å². The molecule has 0 aromatic heterocycles. The lowest BCUT2D eigenvalue weighted by Crippen LogP contribution is -2.40. The van der Waals surface area contributed by atoms with E-state index in [4.69, 9.17) is 18.9 Å². The number of hydrogen-bond donors (Lipinski definition) is 1. The average Bonchev–Trinajstić information content (AvgIpc) is 2.87. The monoisotopic (exact) mass is 492 g/mol. The molecule has 1 fully saturated rings. The molecule has 0 aliphatic carbocycles. The van der Waals surface area contributed by atoms with Crippen molar-refractivity contribution >= 4 is 15.9 Å². The first-order chi connectivity index (χ1) is 16.3. The Morgan fingerprint density at radius 2 is 1.71 bits per heavy atom. The van der Waals surface area contributed by atoms with Gasteiger partial charge in [-0.3, -0.25) is 4.79 Å². The van der Waals surface area contributed by atoms with Crippen LogP contribution in [0, 0.1) is 0 Å². The highest BCUT2D eigenvalue weighted by Gasteiger charge is 2.27. The number of amides is 1. The van der Waals surface area contributed by atoms with Crippen LogP contribution in [-0.4, -0.2) is 66.3 Å². The number of hydrogen-bond acceptors (Lipinski definition) is 7. The summed E-state index contributed by atoms with van der Waals surface area (Å²) < 4.78 is 48.8. The summed E-state index contributed by atoms with van der Waals surface area (Å²) in [6.07, 6.45) is 0.484. The first kappa shape index (κ1) is 25.8.